The topological polar surface area (TPSA) is 99.5 Å². The van der Waals surface area contributed by atoms with Crippen LogP contribution in [0.2, 0.25) is 0 Å². The van der Waals surface area contributed by atoms with Crippen LogP contribution in [0.15, 0.2) is 77.7 Å². The van der Waals surface area contributed by atoms with E-state index in [1.54, 1.807) is 30.3 Å². The summed E-state index contributed by atoms with van der Waals surface area (Å²) in [6.45, 7) is -3.39. The molecule has 0 spiro atoms. The van der Waals surface area contributed by atoms with Gasteiger partial charge in [-0.15, -0.1) is 0 Å². The van der Waals surface area contributed by atoms with Crippen molar-refractivity contribution in [2.24, 2.45) is 0 Å². The third kappa shape index (κ3) is 4.84. The van der Waals surface area contributed by atoms with Crippen LogP contribution in [0.5, 0.6) is 5.75 Å². The van der Waals surface area contributed by atoms with Crippen LogP contribution in [0.4, 0.5) is 14.5 Å². The van der Waals surface area contributed by atoms with E-state index in [1.807, 2.05) is 0 Å². The number of nitrogens with one attached hydrogen (secondary N) is 1. The first-order valence-corrected chi connectivity index (χ1v) is 11.4. The van der Waals surface area contributed by atoms with Gasteiger partial charge in [0.15, 0.2) is 5.82 Å². The number of fused-ring (bicyclic) bond motifs is 1. The lowest BCUT2D eigenvalue weighted by Crippen LogP contribution is -2.14. The number of carbonyl (C=O) groups excluding carboxylic acids is 1. The summed E-state index contributed by atoms with van der Waals surface area (Å²) >= 11 is 0. The highest BCUT2D eigenvalue weighted by Gasteiger charge is 2.20. The number of para-hydroxylation sites is 2. The summed E-state index contributed by atoms with van der Waals surface area (Å²) in [5.41, 5.74) is 0.796. The molecule has 3 aromatic carbocycles. The van der Waals surface area contributed by atoms with E-state index < -0.39 is 29.1 Å². The van der Waals surface area contributed by atoms with Gasteiger partial charge in [0.25, 0.3) is 10.0 Å². The average Bonchev–Trinajstić information content (AvgIpc) is 3.21. The number of benzene rings is 3. The fourth-order valence-electron chi connectivity index (χ4n) is 3.29. The summed E-state index contributed by atoms with van der Waals surface area (Å²) in [6, 6.07) is 17.8. The third-order valence-electron chi connectivity index (χ3n) is 4.92. The lowest BCUT2D eigenvalue weighted by Gasteiger charge is -2.11. The molecule has 176 valence electrons. The first kappa shape index (κ1) is 23.2. The van der Waals surface area contributed by atoms with Crippen LogP contribution in [0.1, 0.15) is 22.7 Å². The highest BCUT2D eigenvalue weighted by atomic mass is 32.2. The normalized spacial score (nSPS) is 11.5. The predicted octanol–water partition coefficient (Wildman–Crippen LogP) is 4.60. The summed E-state index contributed by atoms with van der Waals surface area (Å²) in [5.74, 6) is -0.447. The van der Waals surface area contributed by atoms with E-state index in [9.17, 15) is 22.0 Å². The summed E-state index contributed by atoms with van der Waals surface area (Å²) in [7, 11) is -2.51. The zero-order valence-electron chi connectivity index (χ0n) is 17.8. The monoisotopic (exact) mass is 487 g/mol. The Labute approximate surface area is 193 Å². The maximum Gasteiger partial charge on any atom is 0.338 e. The van der Waals surface area contributed by atoms with Gasteiger partial charge in [0.1, 0.15) is 12.4 Å². The minimum absolute atomic E-state index is 0.0580. The van der Waals surface area contributed by atoms with Crippen LogP contribution >= 0.6 is 0 Å². The van der Waals surface area contributed by atoms with Crippen LogP contribution in [0.25, 0.3) is 11.0 Å². The Balaban J connectivity index is 1.51. The molecule has 0 amide bonds. The molecule has 0 aliphatic carbocycles. The summed E-state index contributed by atoms with van der Waals surface area (Å²) in [4.78, 5) is 16.5. The predicted molar refractivity (Wildman–Crippen MR) is 120 cm³/mol. The number of sulfonamides is 1. The van der Waals surface area contributed by atoms with E-state index >= 15 is 0 Å². The zero-order valence-corrected chi connectivity index (χ0v) is 18.6. The zero-order chi connectivity index (χ0) is 24.3. The number of nitrogens with zero attached hydrogens (tertiary/aromatic N) is 2. The van der Waals surface area contributed by atoms with Gasteiger partial charge < -0.3 is 9.47 Å². The van der Waals surface area contributed by atoms with Crippen molar-refractivity contribution in [1.82, 2.24) is 9.55 Å². The largest absolute Gasteiger partial charge is 0.497 e. The number of esters is 1. The lowest BCUT2D eigenvalue weighted by molar-refractivity contribution is 0.0387. The van der Waals surface area contributed by atoms with Gasteiger partial charge >= 0.3 is 12.5 Å². The molecule has 34 heavy (non-hydrogen) atoms. The Kier molecular flexibility index (Phi) is 6.46. The molecule has 0 aliphatic heterocycles. The Morgan fingerprint density at radius 1 is 1.06 bits per heavy atom. The Morgan fingerprint density at radius 2 is 1.79 bits per heavy atom. The molecule has 0 fully saturated rings. The van der Waals surface area contributed by atoms with Gasteiger partial charge in [0, 0.05) is 5.69 Å². The van der Waals surface area contributed by atoms with Crippen LogP contribution in [0.3, 0.4) is 0 Å². The maximum atomic E-state index is 13.5. The second kappa shape index (κ2) is 9.48. The minimum atomic E-state index is -4.01. The number of ether oxygens (including phenoxy) is 2. The van der Waals surface area contributed by atoms with Crippen molar-refractivity contribution in [3.05, 3.63) is 84.2 Å². The van der Waals surface area contributed by atoms with Crippen molar-refractivity contribution in [3.8, 4) is 5.75 Å². The van der Waals surface area contributed by atoms with E-state index in [0.29, 0.717) is 21.5 Å². The average molecular weight is 487 g/mol. The Bertz CT molecular complexity index is 1440. The molecule has 0 saturated carbocycles. The van der Waals surface area contributed by atoms with E-state index in [-0.39, 0.29) is 21.8 Å². The van der Waals surface area contributed by atoms with Crippen molar-refractivity contribution in [2.45, 2.75) is 18.1 Å². The number of imidazole rings is 1. The first-order chi connectivity index (χ1) is 16.3. The number of carbonyl (C=O) groups is 1. The van der Waals surface area contributed by atoms with E-state index in [4.69, 9.17) is 9.47 Å². The van der Waals surface area contributed by atoms with Gasteiger partial charge in [-0.25, -0.2) is 18.2 Å². The third-order valence-corrected chi connectivity index (χ3v) is 6.30. The number of rotatable bonds is 8. The molecule has 1 N–H and O–H groups in total. The number of hydrogen-bond donors (Lipinski definition) is 1. The van der Waals surface area contributed by atoms with Crippen molar-refractivity contribution in [3.63, 3.8) is 0 Å². The molecule has 0 bridgehead atoms. The molecule has 0 aliphatic rings. The van der Waals surface area contributed by atoms with Gasteiger partial charge in [-0.1, -0.05) is 18.2 Å². The maximum absolute atomic E-state index is 13.5. The van der Waals surface area contributed by atoms with Gasteiger partial charge in [0.05, 0.1) is 28.6 Å². The summed E-state index contributed by atoms with van der Waals surface area (Å²) in [5, 5.41) is 0. The van der Waals surface area contributed by atoms with Gasteiger partial charge in [-0.2, -0.15) is 8.78 Å². The highest BCUT2D eigenvalue weighted by Crippen LogP contribution is 2.24. The van der Waals surface area contributed by atoms with Crippen molar-refractivity contribution < 1.29 is 31.5 Å². The second-order valence-corrected chi connectivity index (χ2v) is 8.78. The van der Waals surface area contributed by atoms with Crippen LogP contribution in [-0.2, 0) is 21.4 Å². The standard InChI is InChI=1S/C23H19F2N3O5S/c1-32-17-11-9-16(10-12-17)27-34(30,31)18-6-4-5-15(13-18)22(29)33-14-21-26-19-7-2-3-8-20(19)28(21)23(24)25/h2-13,23,27H,14H2,1H3. The molecule has 1 aromatic heterocycles. The van der Waals surface area contributed by atoms with Crippen LogP contribution in [-0.4, -0.2) is 31.0 Å². The molecule has 0 saturated heterocycles. The molecular weight excluding hydrogens is 468 g/mol. The van der Waals surface area contributed by atoms with Crippen LogP contribution < -0.4 is 9.46 Å². The molecule has 0 atom stereocenters. The number of hydrogen-bond acceptors (Lipinski definition) is 6. The molecule has 1 heterocycles. The second-order valence-electron chi connectivity index (χ2n) is 7.10. The smallest absolute Gasteiger partial charge is 0.338 e. The Hall–Kier alpha value is -3.99. The molecule has 0 unspecified atom stereocenters. The van der Waals surface area contributed by atoms with Crippen molar-refractivity contribution in [2.75, 3.05) is 11.8 Å². The number of halogens is 2. The van der Waals surface area contributed by atoms with Gasteiger partial charge in [-0.3, -0.25) is 9.29 Å². The summed E-state index contributed by atoms with van der Waals surface area (Å²) in [6.07, 6.45) is 0. The van der Waals surface area contributed by atoms with Crippen LogP contribution in [0, 0.1) is 0 Å². The first-order valence-electron chi connectivity index (χ1n) is 9.96. The van der Waals surface area contributed by atoms with Crippen molar-refractivity contribution in [1.29, 1.82) is 0 Å². The molecule has 8 nitrogen and oxygen atoms in total. The molecular formula is C23H19F2N3O5S. The highest BCUT2D eigenvalue weighted by molar-refractivity contribution is 7.92. The molecule has 4 aromatic rings. The van der Waals surface area contributed by atoms with Gasteiger partial charge in [-0.05, 0) is 54.6 Å². The van der Waals surface area contributed by atoms with E-state index in [2.05, 4.69) is 9.71 Å². The number of anilines is 1. The number of aromatic nitrogens is 2. The quantitative estimate of drug-likeness (QED) is 0.365. The lowest BCUT2D eigenvalue weighted by atomic mass is 10.2. The van der Waals surface area contributed by atoms with Gasteiger partial charge in [0.2, 0.25) is 0 Å². The fourth-order valence-corrected chi connectivity index (χ4v) is 4.39. The van der Waals surface area contributed by atoms with Crippen molar-refractivity contribution >= 4 is 32.7 Å². The van der Waals surface area contributed by atoms with E-state index in [1.165, 1.54) is 43.5 Å². The Morgan fingerprint density at radius 3 is 2.50 bits per heavy atom. The fraction of sp³-hybridized carbons (Fsp3) is 0.130. The molecule has 11 heteroatoms. The molecule has 4 rings (SSSR count). The molecule has 0 radical (unpaired) electrons. The SMILES string of the molecule is COc1ccc(NS(=O)(=O)c2cccc(C(=O)OCc3nc4ccccc4n3C(F)F)c2)cc1. The number of alkyl halides is 2. The minimum Gasteiger partial charge on any atom is -0.497 e. The number of methoxy groups -OCH3 is 1. The van der Waals surface area contributed by atoms with E-state index in [0.717, 1.165) is 6.07 Å². The summed E-state index contributed by atoms with van der Waals surface area (Å²) < 4.78 is 65.9.